The predicted octanol–water partition coefficient (Wildman–Crippen LogP) is 6.55. The smallest absolute Gasteiger partial charge is 0.130 e. The Morgan fingerprint density at radius 3 is 0.875 bits per heavy atom. The van der Waals surface area contributed by atoms with E-state index in [0.29, 0.717) is 13.4 Å². The molecule has 0 aliphatic carbocycles. The van der Waals surface area contributed by atoms with Gasteiger partial charge in [-0.3, -0.25) is 0 Å². The van der Waals surface area contributed by atoms with Crippen LogP contribution in [0.3, 0.4) is 0 Å². The maximum absolute atomic E-state index is 10.1. The highest BCUT2D eigenvalue weighted by molar-refractivity contribution is 9.11. The Morgan fingerprint density at radius 1 is 0.417 bits per heavy atom. The lowest BCUT2D eigenvalue weighted by Crippen LogP contribution is -1.86. The van der Waals surface area contributed by atoms with Gasteiger partial charge < -0.3 is 15.3 Å². The summed E-state index contributed by atoms with van der Waals surface area (Å²) in [5, 5.41) is 35.5. The number of fused-ring (bicyclic) bond motifs is 6. The van der Waals surface area contributed by atoms with Gasteiger partial charge in [0.15, 0.2) is 0 Å². The molecular weight excluding hydrogens is 504 g/mol. The van der Waals surface area contributed by atoms with E-state index < -0.39 is 0 Å². The fourth-order valence-corrected chi connectivity index (χ4v) is 4.05. The van der Waals surface area contributed by atoms with Gasteiger partial charge in [0.25, 0.3) is 0 Å². The van der Waals surface area contributed by atoms with Crippen molar-refractivity contribution in [3.8, 4) is 17.2 Å². The standard InChI is InChI=1S/C18H9Br3O3/c19-13-1-7-10(4-16(13)22)8-2-15(21)18(24)6-12(8)9-3-14(20)17(23)5-11(7)9/h1-6,22-24H. The third-order valence-corrected chi connectivity index (χ3v) is 6.04. The van der Waals surface area contributed by atoms with E-state index in [1.165, 1.54) is 0 Å². The maximum Gasteiger partial charge on any atom is 0.130 e. The van der Waals surface area contributed by atoms with Gasteiger partial charge in [-0.25, -0.2) is 0 Å². The van der Waals surface area contributed by atoms with Crippen molar-refractivity contribution in [2.75, 3.05) is 0 Å². The van der Waals surface area contributed by atoms with Gasteiger partial charge in [-0.15, -0.1) is 0 Å². The molecule has 0 saturated heterocycles. The second kappa shape index (κ2) is 5.51. The van der Waals surface area contributed by atoms with E-state index in [4.69, 9.17) is 0 Å². The van der Waals surface area contributed by atoms with E-state index in [2.05, 4.69) is 47.8 Å². The molecule has 6 heteroatoms. The average molecular weight is 513 g/mol. The Hall–Kier alpha value is -1.50. The summed E-state index contributed by atoms with van der Waals surface area (Å²) in [6, 6.07) is 10.6. The van der Waals surface area contributed by atoms with Crippen LogP contribution in [0.4, 0.5) is 0 Å². The summed E-state index contributed by atoms with van der Waals surface area (Å²) in [5.41, 5.74) is 0. The fraction of sp³-hybridized carbons (Fsp3) is 0. The van der Waals surface area contributed by atoms with Gasteiger partial charge in [0, 0.05) is 0 Å². The number of phenols is 3. The lowest BCUT2D eigenvalue weighted by Gasteiger charge is -2.13. The number of hydrogen-bond acceptors (Lipinski definition) is 3. The molecule has 0 fully saturated rings. The van der Waals surface area contributed by atoms with Crippen molar-refractivity contribution in [2.24, 2.45) is 0 Å². The second-order valence-corrected chi connectivity index (χ2v) is 8.11. The fourth-order valence-electron chi connectivity index (χ4n) is 3.02. The van der Waals surface area contributed by atoms with Gasteiger partial charge in [-0.05, 0) is 117 Å². The Bertz CT molecular complexity index is 902. The van der Waals surface area contributed by atoms with Gasteiger partial charge in [0.05, 0.1) is 13.4 Å². The summed E-state index contributed by atoms with van der Waals surface area (Å²) in [4.78, 5) is 0. The van der Waals surface area contributed by atoms with Crippen molar-refractivity contribution < 1.29 is 15.3 Å². The molecule has 0 aliphatic rings. The Kier molecular flexibility index (Phi) is 3.67. The zero-order valence-corrected chi connectivity index (χ0v) is 16.7. The van der Waals surface area contributed by atoms with Crippen LogP contribution in [0.25, 0.3) is 32.3 Å². The molecule has 0 radical (unpaired) electrons. The van der Waals surface area contributed by atoms with Crippen molar-refractivity contribution >= 4 is 80.1 Å². The van der Waals surface area contributed by atoms with Gasteiger partial charge in [0.1, 0.15) is 17.2 Å². The summed E-state index contributed by atoms with van der Waals surface area (Å²) in [6.45, 7) is 0. The van der Waals surface area contributed by atoms with Crippen molar-refractivity contribution in [3.63, 3.8) is 0 Å². The quantitative estimate of drug-likeness (QED) is 0.234. The van der Waals surface area contributed by atoms with Crippen LogP contribution in [-0.4, -0.2) is 15.3 Å². The first-order valence-electron chi connectivity index (χ1n) is 6.95. The van der Waals surface area contributed by atoms with E-state index >= 15 is 0 Å². The molecule has 0 amide bonds. The summed E-state index contributed by atoms with van der Waals surface area (Å²) in [6.07, 6.45) is 0. The Labute approximate surface area is 161 Å². The molecule has 3 nitrogen and oxygen atoms in total. The monoisotopic (exact) mass is 510 g/mol. The molecule has 0 aromatic heterocycles. The van der Waals surface area contributed by atoms with Crippen LogP contribution in [0.2, 0.25) is 0 Å². The van der Waals surface area contributed by atoms with E-state index in [1.807, 2.05) is 18.2 Å². The molecule has 3 N–H and O–H groups in total. The molecule has 0 unspecified atom stereocenters. The molecule has 24 heavy (non-hydrogen) atoms. The van der Waals surface area contributed by atoms with Crippen LogP contribution in [-0.2, 0) is 0 Å². The number of halogens is 3. The zero-order valence-electron chi connectivity index (χ0n) is 11.9. The van der Waals surface area contributed by atoms with E-state index in [1.54, 1.807) is 18.2 Å². The number of aromatic hydroxyl groups is 3. The van der Waals surface area contributed by atoms with Crippen LogP contribution >= 0.6 is 47.8 Å². The Balaban J connectivity index is 2.40. The van der Waals surface area contributed by atoms with Gasteiger partial charge >= 0.3 is 0 Å². The topological polar surface area (TPSA) is 60.7 Å². The highest BCUT2D eigenvalue weighted by Gasteiger charge is 2.15. The molecule has 4 rings (SSSR count). The van der Waals surface area contributed by atoms with E-state index in [9.17, 15) is 15.3 Å². The van der Waals surface area contributed by atoms with Gasteiger partial charge in [0.2, 0.25) is 0 Å². The summed E-state index contributed by atoms with van der Waals surface area (Å²) >= 11 is 10.1. The number of rotatable bonds is 0. The normalized spacial score (nSPS) is 11.6. The van der Waals surface area contributed by atoms with Gasteiger partial charge in [-0.1, -0.05) is 0 Å². The molecule has 0 atom stereocenters. The van der Waals surface area contributed by atoms with Crippen LogP contribution in [0.15, 0.2) is 49.8 Å². The Morgan fingerprint density at radius 2 is 0.625 bits per heavy atom. The molecule has 0 saturated carbocycles. The predicted molar refractivity (Wildman–Crippen MR) is 107 cm³/mol. The third-order valence-electron chi connectivity index (χ3n) is 4.13. The molecule has 120 valence electrons. The summed E-state index contributed by atoms with van der Waals surface area (Å²) < 4.78 is 1.74. The van der Waals surface area contributed by atoms with Crippen LogP contribution in [0.1, 0.15) is 0 Å². The van der Waals surface area contributed by atoms with Crippen molar-refractivity contribution in [2.45, 2.75) is 0 Å². The molecule has 4 aromatic carbocycles. The minimum Gasteiger partial charge on any atom is -0.507 e. The molecule has 0 aliphatic heterocycles. The SMILES string of the molecule is Oc1cc2c(cc1Br)c1cc(O)c(Br)cc1c1cc(O)c(Br)cc21. The highest BCUT2D eigenvalue weighted by atomic mass is 79.9. The summed E-state index contributed by atoms with van der Waals surface area (Å²) in [7, 11) is 0. The minimum absolute atomic E-state index is 0.133. The lowest BCUT2D eigenvalue weighted by atomic mass is 9.94. The highest BCUT2D eigenvalue weighted by Crippen LogP contribution is 2.44. The van der Waals surface area contributed by atoms with Crippen LogP contribution in [0.5, 0.6) is 17.2 Å². The van der Waals surface area contributed by atoms with E-state index in [-0.39, 0.29) is 17.2 Å². The minimum atomic E-state index is 0.133. The number of phenolic OH excluding ortho intramolecular Hbond substituents is 3. The first kappa shape index (κ1) is 16.0. The lowest BCUT2D eigenvalue weighted by molar-refractivity contribution is 0.472. The van der Waals surface area contributed by atoms with Crippen LogP contribution < -0.4 is 0 Å². The molecule has 0 spiro atoms. The van der Waals surface area contributed by atoms with Crippen LogP contribution in [0, 0.1) is 0 Å². The average Bonchev–Trinajstić information content (AvgIpc) is 2.53. The van der Waals surface area contributed by atoms with Crippen molar-refractivity contribution in [1.82, 2.24) is 0 Å². The molecule has 4 aromatic rings. The second-order valence-electron chi connectivity index (χ2n) is 5.55. The van der Waals surface area contributed by atoms with Gasteiger partial charge in [-0.2, -0.15) is 0 Å². The third kappa shape index (κ3) is 2.28. The van der Waals surface area contributed by atoms with Crippen molar-refractivity contribution in [1.29, 1.82) is 0 Å². The molecule has 0 heterocycles. The zero-order chi connectivity index (χ0) is 17.2. The molecular formula is C18H9Br3O3. The van der Waals surface area contributed by atoms with Crippen molar-refractivity contribution in [3.05, 3.63) is 49.8 Å². The van der Waals surface area contributed by atoms with E-state index in [0.717, 1.165) is 32.3 Å². The number of benzene rings is 4. The first-order chi connectivity index (χ1) is 11.4. The number of hydrogen-bond donors (Lipinski definition) is 3. The first-order valence-corrected chi connectivity index (χ1v) is 9.33. The largest absolute Gasteiger partial charge is 0.507 e. The molecule has 0 bridgehead atoms. The summed E-state index contributed by atoms with van der Waals surface area (Å²) in [5.74, 6) is 0.399. The maximum atomic E-state index is 10.1.